The molecule has 1 aromatic carbocycles. The zero-order valence-electron chi connectivity index (χ0n) is 9.73. The number of ether oxygens (including phenoxy) is 1. The summed E-state index contributed by atoms with van der Waals surface area (Å²) in [7, 11) is 3.76. The third-order valence-electron chi connectivity index (χ3n) is 2.19. The van der Waals surface area contributed by atoms with Gasteiger partial charge in [-0.15, -0.1) is 0 Å². The number of likely N-dealkylation sites (N-methyl/N-ethyl adjacent to an activating group) is 1. The molecule has 0 heterocycles. The van der Waals surface area contributed by atoms with E-state index < -0.39 is 0 Å². The van der Waals surface area contributed by atoms with E-state index in [1.807, 2.05) is 19.1 Å². The van der Waals surface area contributed by atoms with E-state index in [2.05, 4.69) is 24.1 Å². The molecule has 0 aliphatic carbocycles. The summed E-state index contributed by atoms with van der Waals surface area (Å²) < 4.78 is 5.17. The molecule has 0 bridgehead atoms. The Balaban J connectivity index is 2.55. The predicted molar refractivity (Wildman–Crippen MR) is 63.0 cm³/mol. The topological polar surface area (TPSA) is 38.5 Å². The standard InChI is InChI=1S/C12H20N2O/c1-10(13)8-14(2)9-11-5-4-6-12(7-11)15-3/h4-7,10H,8-9,13H2,1-3H3/t10-/m0/s1. The largest absolute Gasteiger partial charge is 0.497 e. The number of benzene rings is 1. The van der Waals surface area contributed by atoms with Gasteiger partial charge in [-0.25, -0.2) is 0 Å². The molecule has 0 saturated carbocycles. The van der Waals surface area contributed by atoms with Crippen molar-refractivity contribution in [1.29, 1.82) is 0 Å². The average Bonchev–Trinajstić information content (AvgIpc) is 2.16. The lowest BCUT2D eigenvalue weighted by Crippen LogP contribution is -2.32. The Morgan fingerprint density at radius 2 is 2.20 bits per heavy atom. The molecule has 0 unspecified atom stereocenters. The van der Waals surface area contributed by atoms with E-state index in [4.69, 9.17) is 10.5 Å². The molecule has 0 spiro atoms. The minimum absolute atomic E-state index is 0.209. The van der Waals surface area contributed by atoms with Crippen LogP contribution in [-0.4, -0.2) is 31.6 Å². The molecule has 15 heavy (non-hydrogen) atoms. The van der Waals surface area contributed by atoms with Crippen LogP contribution in [0.5, 0.6) is 5.75 Å². The number of rotatable bonds is 5. The SMILES string of the molecule is COc1cccc(CN(C)C[C@H](C)N)c1. The monoisotopic (exact) mass is 208 g/mol. The van der Waals surface area contributed by atoms with E-state index in [1.54, 1.807) is 7.11 Å². The Labute approximate surface area is 91.8 Å². The van der Waals surface area contributed by atoms with Gasteiger partial charge < -0.3 is 15.4 Å². The highest BCUT2D eigenvalue weighted by atomic mass is 16.5. The molecule has 3 nitrogen and oxygen atoms in total. The van der Waals surface area contributed by atoms with Crippen LogP contribution in [0.2, 0.25) is 0 Å². The molecule has 84 valence electrons. The molecule has 0 radical (unpaired) electrons. The first kappa shape index (κ1) is 12.0. The number of hydrogen-bond acceptors (Lipinski definition) is 3. The Kier molecular flexibility index (Phi) is 4.59. The maximum absolute atomic E-state index is 5.74. The molecule has 0 saturated heterocycles. The second kappa shape index (κ2) is 5.73. The van der Waals surface area contributed by atoms with Crippen molar-refractivity contribution in [3.8, 4) is 5.75 Å². The van der Waals surface area contributed by atoms with Crippen LogP contribution in [-0.2, 0) is 6.54 Å². The van der Waals surface area contributed by atoms with Crippen molar-refractivity contribution in [3.05, 3.63) is 29.8 Å². The van der Waals surface area contributed by atoms with E-state index >= 15 is 0 Å². The second-order valence-corrected chi connectivity index (χ2v) is 4.03. The average molecular weight is 208 g/mol. The highest BCUT2D eigenvalue weighted by molar-refractivity contribution is 5.28. The fourth-order valence-electron chi connectivity index (χ4n) is 1.64. The lowest BCUT2D eigenvalue weighted by Gasteiger charge is -2.19. The summed E-state index contributed by atoms with van der Waals surface area (Å²) in [5, 5.41) is 0. The van der Waals surface area contributed by atoms with Gasteiger partial charge in [-0.3, -0.25) is 0 Å². The van der Waals surface area contributed by atoms with Crippen molar-refractivity contribution < 1.29 is 4.74 Å². The van der Waals surface area contributed by atoms with Crippen LogP contribution in [0.1, 0.15) is 12.5 Å². The van der Waals surface area contributed by atoms with Gasteiger partial charge in [0.1, 0.15) is 5.75 Å². The van der Waals surface area contributed by atoms with Gasteiger partial charge in [-0.1, -0.05) is 12.1 Å². The van der Waals surface area contributed by atoms with Crippen molar-refractivity contribution >= 4 is 0 Å². The normalized spacial score (nSPS) is 12.9. The van der Waals surface area contributed by atoms with E-state index in [0.29, 0.717) is 0 Å². The van der Waals surface area contributed by atoms with E-state index in [9.17, 15) is 0 Å². The van der Waals surface area contributed by atoms with Gasteiger partial charge in [0.15, 0.2) is 0 Å². The third-order valence-corrected chi connectivity index (χ3v) is 2.19. The van der Waals surface area contributed by atoms with Gasteiger partial charge in [0.05, 0.1) is 7.11 Å². The molecule has 1 atom stereocenters. The summed E-state index contributed by atoms with van der Waals surface area (Å²) in [5.41, 5.74) is 6.98. The summed E-state index contributed by atoms with van der Waals surface area (Å²) in [6, 6.07) is 8.32. The van der Waals surface area contributed by atoms with Crippen LogP contribution in [0.25, 0.3) is 0 Å². The zero-order chi connectivity index (χ0) is 11.3. The van der Waals surface area contributed by atoms with Crippen molar-refractivity contribution in [2.45, 2.75) is 19.5 Å². The summed E-state index contributed by atoms with van der Waals surface area (Å²) >= 11 is 0. The molecule has 3 heteroatoms. The Morgan fingerprint density at radius 3 is 2.80 bits per heavy atom. The van der Waals surface area contributed by atoms with Crippen molar-refractivity contribution in [3.63, 3.8) is 0 Å². The molecule has 0 aromatic heterocycles. The van der Waals surface area contributed by atoms with Crippen LogP contribution in [0.4, 0.5) is 0 Å². The van der Waals surface area contributed by atoms with E-state index in [0.717, 1.165) is 18.8 Å². The minimum Gasteiger partial charge on any atom is -0.497 e. The highest BCUT2D eigenvalue weighted by Gasteiger charge is 2.03. The quantitative estimate of drug-likeness (QED) is 0.796. The first-order valence-corrected chi connectivity index (χ1v) is 5.19. The maximum atomic E-state index is 5.74. The van der Waals surface area contributed by atoms with Gasteiger partial charge in [-0.2, -0.15) is 0 Å². The third kappa shape index (κ3) is 4.32. The van der Waals surface area contributed by atoms with Gasteiger partial charge in [0.2, 0.25) is 0 Å². The van der Waals surface area contributed by atoms with Crippen LogP contribution in [0.15, 0.2) is 24.3 Å². The number of nitrogens with two attached hydrogens (primary N) is 1. The fraction of sp³-hybridized carbons (Fsp3) is 0.500. The van der Waals surface area contributed by atoms with Gasteiger partial charge >= 0.3 is 0 Å². The molecular formula is C12H20N2O. The van der Waals surface area contributed by atoms with Crippen LogP contribution in [0.3, 0.4) is 0 Å². The van der Waals surface area contributed by atoms with Crippen molar-refractivity contribution in [1.82, 2.24) is 4.90 Å². The zero-order valence-corrected chi connectivity index (χ0v) is 9.73. The smallest absolute Gasteiger partial charge is 0.119 e. The molecule has 1 aromatic rings. The Bertz CT molecular complexity index is 299. The van der Waals surface area contributed by atoms with Gasteiger partial charge in [-0.05, 0) is 31.7 Å². The first-order valence-electron chi connectivity index (χ1n) is 5.19. The summed E-state index contributed by atoms with van der Waals surface area (Å²) in [6.07, 6.45) is 0. The number of methoxy groups -OCH3 is 1. The van der Waals surface area contributed by atoms with E-state index in [1.165, 1.54) is 5.56 Å². The maximum Gasteiger partial charge on any atom is 0.119 e. The number of nitrogens with zero attached hydrogens (tertiary/aromatic N) is 1. The molecule has 0 amide bonds. The Morgan fingerprint density at radius 1 is 1.47 bits per heavy atom. The van der Waals surface area contributed by atoms with E-state index in [-0.39, 0.29) is 6.04 Å². The molecule has 0 fully saturated rings. The lowest BCUT2D eigenvalue weighted by molar-refractivity contribution is 0.309. The van der Waals surface area contributed by atoms with Crippen molar-refractivity contribution in [2.75, 3.05) is 20.7 Å². The van der Waals surface area contributed by atoms with Crippen molar-refractivity contribution in [2.24, 2.45) is 5.73 Å². The fourth-order valence-corrected chi connectivity index (χ4v) is 1.64. The molecule has 0 aliphatic heterocycles. The second-order valence-electron chi connectivity index (χ2n) is 4.03. The van der Waals surface area contributed by atoms with Crippen LogP contribution < -0.4 is 10.5 Å². The van der Waals surface area contributed by atoms with Crippen LogP contribution in [0, 0.1) is 0 Å². The molecule has 2 N–H and O–H groups in total. The first-order chi connectivity index (χ1) is 7.11. The summed E-state index contributed by atoms with van der Waals surface area (Å²) in [6.45, 7) is 3.82. The molecule has 0 aliphatic rings. The molecule has 1 rings (SSSR count). The summed E-state index contributed by atoms with van der Waals surface area (Å²) in [5.74, 6) is 0.904. The highest BCUT2D eigenvalue weighted by Crippen LogP contribution is 2.13. The molecular weight excluding hydrogens is 188 g/mol. The van der Waals surface area contributed by atoms with Gasteiger partial charge in [0.25, 0.3) is 0 Å². The summed E-state index contributed by atoms with van der Waals surface area (Å²) in [4.78, 5) is 2.21. The predicted octanol–water partition coefficient (Wildman–Crippen LogP) is 1.47. The Hall–Kier alpha value is -1.06. The number of hydrogen-bond donors (Lipinski definition) is 1. The van der Waals surface area contributed by atoms with Gasteiger partial charge in [0, 0.05) is 19.1 Å². The van der Waals surface area contributed by atoms with Crippen LogP contribution >= 0.6 is 0 Å². The lowest BCUT2D eigenvalue weighted by atomic mass is 10.2. The minimum atomic E-state index is 0.209.